The van der Waals surface area contributed by atoms with Crippen LogP contribution in [0.25, 0.3) is 22.0 Å². The number of morpholine rings is 1. The van der Waals surface area contributed by atoms with Crippen LogP contribution in [0.3, 0.4) is 0 Å². The first-order valence-electron chi connectivity index (χ1n) is 12.8. The van der Waals surface area contributed by atoms with Crippen molar-refractivity contribution in [3.05, 3.63) is 78.0 Å². The number of thiol groups is 1. The van der Waals surface area contributed by atoms with E-state index in [2.05, 4.69) is 75.3 Å². The van der Waals surface area contributed by atoms with Gasteiger partial charge >= 0.3 is 0 Å². The van der Waals surface area contributed by atoms with Crippen LogP contribution in [0.4, 0.5) is 11.4 Å². The molecule has 0 unspecified atom stereocenters. The molecule has 1 amide bonds. The average molecular weight is 511 g/mol. The number of fused-ring (bicyclic) bond motifs is 1. The Kier molecular flexibility index (Phi) is 6.72. The summed E-state index contributed by atoms with van der Waals surface area (Å²) in [5.41, 5.74) is 6.79. The Labute approximate surface area is 222 Å². The van der Waals surface area contributed by atoms with Crippen molar-refractivity contribution in [3.63, 3.8) is 0 Å². The molecule has 1 aromatic heterocycles. The number of ether oxygens (including phenoxy) is 1. The number of nitrogens with one attached hydrogen (secondary N) is 2. The summed E-state index contributed by atoms with van der Waals surface area (Å²) >= 11 is 4.66. The quantitative estimate of drug-likeness (QED) is 0.211. The number of rotatable bonds is 7. The molecule has 1 aliphatic carbocycles. The first kappa shape index (κ1) is 23.8. The maximum Gasteiger partial charge on any atom is 0.253 e. The Hall–Kier alpha value is -3.55. The molecule has 0 spiro atoms. The van der Waals surface area contributed by atoms with Gasteiger partial charge in [-0.25, -0.2) is 0 Å². The second-order valence-electron chi connectivity index (χ2n) is 9.73. The van der Waals surface area contributed by atoms with Crippen molar-refractivity contribution in [2.45, 2.75) is 24.3 Å². The lowest BCUT2D eigenvalue weighted by Crippen LogP contribution is -2.36. The van der Waals surface area contributed by atoms with Crippen LogP contribution in [-0.4, -0.2) is 43.4 Å². The van der Waals surface area contributed by atoms with Gasteiger partial charge in [-0.1, -0.05) is 24.3 Å². The number of amides is 1. The highest BCUT2D eigenvalue weighted by atomic mass is 32.1. The van der Waals surface area contributed by atoms with E-state index in [0.29, 0.717) is 18.0 Å². The van der Waals surface area contributed by atoms with E-state index in [-0.39, 0.29) is 5.91 Å². The van der Waals surface area contributed by atoms with Crippen LogP contribution in [0.5, 0.6) is 0 Å². The number of nitrogens with zero attached hydrogens (tertiary/aromatic N) is 2. The van der Waals surface area contributed by atoms with Crippen LogP contribution in [0, 0.1) is 5.92 Å². The van der Waals surface area contributed by atoms with E-state index < -0.39 is 0 Å². The Morgan fingerprint density at radius 3 is 2.57 bits per heavy atom. The number of aliphatic imine (C=N–C) groups is 1. The van der Waals surface area contributed by atoms with Crippen molar-refractivity contribution in [1.82, 2.24) is 10.3 Å². The van der Waals surface area contributed by atoms with Gasteiger partial charge in [0.15, 0.2) is 0 Å². The molecule has 2 fully saturated rings. The molecule has 188 valence electrons. The van der Waals surface area contributed by atoms with E-state index in [0.717, 1.165) is 64.5 Å². The standard InChI is InChI=1S/C30H30N4O2S/c35-30(33-18-21-3-7-24(8-4-21)34-11-13-36-14-12-34)26-19-32-27-9-5-22(15-25(26)27)23-6-10-28(29(37)16-23)31-17-20-1-2-20/h3-10,15-17,19-20,32,37H,1-2,11-14,18H2,(H,33,35)/b31-17+. The van der Waals surface area contributed by atoms with E-state index in [1.165, 1.54) is 18.5 Å². The predicted octanol–water partition coefficient (Wildman–Crippen LogP) is 6.00. The van der Waals surface area contributed by atoms with E-state index in [4.69, 9.17) is 4.74 Å². The highest BCUT2D eigenvalue weighted by molar-refractivity contribution is 7.80. The van der Waals surface area contributed by atoms with Crippen molar-refractivity contribution in [2.75, 3.05) is 31.2 Å². The Morgan fingerprint density at radius 1 is 1.05 bits per heavy atom. The predicted molar refractivity (Wildman–Crippen MR) is 153 cm³/mol. The lowest BCUT2D eigenvalue weighted by molar-refractivity contribution is 0.0952. The number of aromatic nitrogens is 1. The van der Waals surface area contributed by atoms with Crippen LogP contribution in [-0.2, 0) is 11.3 Å². The van der Waals surface area contributed by atoms with Crippen molar-refractivity contribution in [1.29, 1.82) is 0 Å². The normalized spacial score (nSPS) is 16.0. The zero-order valence-corrected chi connectivity index (χ0v) is 21.5. The highest BCUT2D eigenvalue weighted by Gasteiger charge is 2.18. The molecular formula is C30H30N4O2S. The fourth-order valence-corrected chi connectivity index (χ4v) is 4.93. The number of carbonyl (C=O) groups excluding carboxylic acids is 1. The Morgan fingerprint density at radius 2 is 1.81 bits per heavy atom. The van der Waals surface area contributed by atoms with Gasteiger partial charge in [-0.2, -0.15) is 0 Å². The maximum atomic E-state index is 13.1. The summed E-state index contributed by atoms with van der Waals surface area (Å²) in [7, 11) is 0. The summed E-state index contributed by atoms with van der Waals surface area (Å²) in [6.07, 6.45) is 6.28. The molecule has 37 heavy (non-hydrogen) atoms. The fourth-order valence-electron chi connectivity index (χ4n) is 4.65. The first-order valence-corrected chi connectivity index (χ1v) is 13.3. The largest absolute Gasteiger partial charge is 0.378 e. The van der Waals surface area contributed by atoms with Gasteiger partial charge in [0.1, 0.15) is 0 Å². The summed E-state index contributed by atoms with van der Waals surface area (Å²) in [5.74, 6) is 0.530. The number of benzene rings is 3. The molecule has 4 aromatic rings. The first-order chi connectivity index (χ1) is 18.1. The van der Waals surface area contributed by atoms with E-state index in [1.54, 1.807) is 6.20 Å². The number of carbonyl (C=O) groups is 1. The van der Waals surface area contributed by atoms with Gasteiger partial charge in [0.05, 0.1) is 24.5 Å². The number of hydrogen-bond acceptors (Lipinski definition) is 5. The topological polar surface area (TPSA) is 69.7 Å². The van der Waals surface area contributed by atoms with Gasteiger partial charge in [-0.05, 0) is 71.8 Å². The molecule has 1 aliphatic heterocycles. The third-order valence-corrected chi connectivity index (χ3v) is 7.41. The summed E-state index contributed by atoms with van der Waals surface area (Å²) < 4.78 is 5.44. The molecule has 6 rings (SSSR count). The second-order valence-corrected chi connectivity index (χ2v) is 10.2. The van der Waals surface area contributed by atoms with Gasteiger partial charge in [-0.3, -0.25) is 9.79 Å². The number of hydrogen-bond donors (Lipinski definition) is 3. The minimum absolute atomic E-state index is 0.0969. The third kappa shape index (κ3) is 5.43. The fraction of sp³-hybridized carbons (Fsp3) is 0.267. The minimum atomic E-state index is -0.0969. The number of H-pyrrole nitrogens is 1. The smallest absolute Gasteiger partial charge is 0.253 e. The molecule has 0 bridgehead atoms. The molecule has 3 aromatic carbocycles. The van der Waals surface area contributed by atoms with Crippen molar-refractivity contribution in [2.24, 2.45) is 10.9 Å². The molecule has 0 atom stereocenters. The van der Waals surface area contributed by atoms with Crippen molar-refractivity contribution < 1.29 is 9.53 Å². The van der Waals surface area contributed by atoms with Gasteiger partial charge < -0.3 is 19.9 Å². The van der Waals surface area contributed by atoms with Crippen molar-refractivity contribution >= 4 is 47.0 Å². The molecule has 7 heteroatoms. The van der Waals surface area contributed by atoms with E-state index >= 15 is 0 Å². The Balaban J connectivity index is 1.15. The van der Waals surface area contributed by atoms with E-state index in [9.17, 15) is 4.79 Å². The lowest BCUT2D eigenvalue weighted by Gasteiger charge is -2.28. The molecular weight excluding hydrogens is 480 g/mol. The molecule has 2 heterocycles. The average Bonchev–Trinajstić information content (AvgIpc) is 3.68. The molecule has 1 saturated carbocycles. The van der Waals surface area contributed by atoms with E-state index in [1.807, 2.05) is 24.4 Å². The molecule has 1 saturated heterocycles. The van der Waals surface area contributed by atoms with Crippen LogP contribution in [0.15, 0.2) is 76.7 Å². The summed E-state index contributed by atoms with van der Waals surface area (Å²) in [6, 6.07) is 20.6. The van der Waals surface area contributed by atoms with Crippen LogP contribution in [0.2, 0.25) is 0 Å². The Bertz CT molecular complexity index is 1450. The molecule has 2 aliphatic rings. The molecule has 6 nitrogen and oxygen atoms in total. The van der Waals surface area contributed by atoms with Crippen LogP contribution >= 0.6 is 12.6 Å². The van der Waals surface area contributed by atoms with Crippen LogP contribution < -0.4 is 10.2 Å². The lowest BCUT2D eigenvalue weighted by atomic mass is 10.0. The third-order valence-electron chi connectivity index (χ3n) is 7.05. The summed E-state index contributed by atoms with van der Waals surface area (Å²) in [6.45, 7) is 3.82. The molecule has 2 N–H and O–H groups in total. The van der Waals surface area contributed by atoms with Gasteiger partial charge in [0, 0.05) is 53.5 Å². The minimum Gasteiger partial charge on any atom is -0.378 e. The highest BCUT2D eigenvalue weighted by Crippen LogP contribution is 2.33. The van der Waals surface area contributed by atoms with Gasteiger partial charge in [-0.15, -0.1) is 12.6 Å². The SMILES string of the molecule is O=C(NCc1ccc(N2CCOCC2)cc1)c1c[nH]c2ccc(-c3ccc(/N=C/C4CC4)c(S)c3)cc12. The second kappa shape index (κ2) is 10.4. The summed E-state index contributed by atoms with van der Waals surface area (Å²) in [5, 5.41) is 3.97. The number of anilines is 1. The van der Waals surface area contributed by atoms with Crippen LogP contribution in [0.1, 0.15) is 28.8 Å². The molecule has 0 radical (unpaired) electrons. The summed E-state index contributed by atoms with van der Waals surface area (Å²) in [4.78, 5) is 24.1. The van der Waals surface area contributed by atoms with Crippen molar-refractivity contribution in [3.8, 4) is 11.1 Å². The maximum absolute atomic E-state index is 13.1. The van der Waals surface area contributed by atoms with Gasteiger partial charge in [0.25, 0.3) is 5.91 Å². The zero-order valence-electron chi connectivity index (χ0n) is 20.6. The monoisotopic (exact) mass is 510 g/mol. The zero-order chi connectivity index (χ0) is 25.2. The van der Waals surface area contributed by atoms with Gasteiger partial charge in [0.2, 0.25) is 0 Å². The number of aromatic amines is 1.